The second kappa shape index (κ2) is 4.66. The summed E-state index contributed by atoms with van der Waals surface area (Å²) in [6.07, 6.45) is 1.40. The zero-order valence-corrected chi connectivity index (χ0v) is 12.8. The van der Waals surface area contributed by atoms with E-state index in [0.29, 0.717) is 28.5 Å². The average Bonchev–Trinajstić information content (AvgIpc) is 2.31. The van der Waals surface area contributed by atoms with Crippen molar-refractivity contribution in [2.24, 2.45) is 0 Å². The molecule has 1 aliphatic rings. The lowest BCUT2D eigenvalue weighted by Gasteiger charge is -2.45. The van der Waals surface area contributed by atoms with E-state index in [4.69, 9.17) is 11.6 Å². The highest BCUT2D eigenvalue weighted by molar-refractivity contribution is 9.10. The molecule has 1 amide bonds. The number of rotatable bonds is 1. The van der Waals surface area contributed by atoms with Gasteiger partial charge in [0.2, 0.25) is 5.91 Å². The van der Waals surface area contributed by atoms with Crippen molar-refractivity contribution in [3.8, 4) is 0 Å². The van der Waals surface area contributed by atoms with Crippen LogP contribution in [0.2, 0.25) is 5.15 Å². The Morgan fingerprint density at radius 3 is 2.72 bits per heavy atom. The molecule has 0 spiro atoms. The predicted octanol–water partition coefficient (Wildman–Crippen LogP) is 1.95. The Hall–Kier alpha value is -0.880. The third kappa shape index (κ3) is 2.07. The molecule has 0 atom stereocenters. The number of halogens is 2. The number of hydrogen-bond acceptors (Lipinski definition) is 4. The van der Waals surface area contributed by atoms with Crippen molar-refractivity contribution in [2.45, 2.75) is 19.4 Å². The largest absolute Gasteiger partial charge is 0.342 e. The molecule has 1 aromatic rings. The third-order valence-corrected chi connectivity index (χ3v) is 4.43. The molecule has 0 bridgehead atoms. The number of amides is 1. The summed E-state index contributed by atoms with van der Waals surface area (Å²) >= 11 is 9.35. The first-order valence-electron chi connectivity index (χ1n) is 5.55. The van der Waals surface area contributed by atoms with Gasteiger partial charge in [0, 0.05) is 20.1 Å². The number of anilines is 1. The summed E-state index contributed by atoms with van der Waals surface area (Å²) < 4.78 is 0.622. The van der Waals surface area contributed by atoms with Gasteiger partial charge in [0.05, 0.1) is 4.47 Å². The van der Waals surface area contributed by atoms with E-state index in [9.17, 15) is 4.79 Å². The van der Waals surface area contributed by atoms with Gasteiger partial charge in [-0.2, -0.15) is 0 Å². The lowest BCUT2D eigenvalue weighted by atomic mass is 9.98. The summed E-state index contributed by atoms with van der Waals surface area (Å²) in [6.45, 7) is 5.14. The zero-order valence-electron chi connectivity index (χ0n) is 10.4. The molecule has 0 aromatic carbocycles. The highest BCUT2D eigenvalue weighted by atomic mass is 79.9. The SMILES string of the molecule is CN1CCN(c2ncnc(Cl)c2Br)C(C)(C)C1=O. The fraction of sp³-hybridized carbons (Fsp3) is 0.545. The molecule has 0 aliphatic carbocycles. The number of carbonyl (C=O) groups excluding carboxylic acids is 1. The van der Waals surface area contributed by atoms with E-state index < -0.39 is 5.54 Å². The van der Waals surface area contributed by atoms with Gasteiger partial charge in [-0.3, -0.25) is 4.79 Å². The van der Waals surface area contributed by atoms with Gasteiger partial charge < -0.3 is 9.80 Å². The summed E-state index contributed by atoms with van der Waals surface area (Å²) in [5, 5.41) is 0.349. The van der Waals surface area contributed by atoms with Crippen molar-refractivity contribution in [3.63, 3.8) is 0 Å². The average molecular weight is 334 g/mol. The molecular weight excluding hydrogens is 320 g/mol. The molecule has 7 heteroatoms. The van der Waals surface area contributed by atoms with Crippen molar-refractivity contribution in [2.75, 3.05) is 25.0 Å². The van der Waals surface area contributed by atoms with Crippen LogP contribution in [0.5, 0.6) is 0 Å². The van der Waals surface area contributed by atoms with E-state index >= 15 is 0 Å². The Morgan fingerprint density at radius 1 is 1.39 bits per heavy atom. The van der Waals surface area contributed by atoms with Gasteiger partial charge >= 0.3 is 0 Å². The van der Waals surface area contributed by atoms with Crippen LogP contribution in [0.15, 0.2) is 10.8 Å². The molecular formula is C11H14BrClN4O. The standard InChI is InChI=1S/C11H14BrClN4O/c1-11(2)10(18)16(3)4-5-17(11)9-7(12)8(13)14-6-15-9/h6H,4-5H2,1-3H3. The van der Waals surface area contributed by atoms with Crippen molar-refractivity contribution in [1.82, 2.24) is 14.9 Å². The van der Waals surface area contributed by atoms with Gasteiger partial charge in [-0.25, -0.2) is 9.97 Å². The molecule has 1 aliphatic heterocycles. The monoisotopic (exact) mass is 332 g/mol. The number of nitrogens with zero attached hydrogens (tertiary/aromatic N) is 4. The van der Waals surface area contributed by atoms with Crippen molar-refractivity contribution < 1.29 is 4.79 Å². The summed E-state index contributed by atoms with van der Waals surface area (Å²) in [5.41, 5.74) is -0.646. The highest BCUT2D eigenvalue weighted by Crippen LogP contribution is 2.34. The molecule has 0 saturated carbocycles. The lowest BCUT2D eigenvalue weighted by Crippen LogP contribution is -2.62. The zero-order chi connectivity index (χ0) is 13.5. The second-order valence-electron chi connectivity index (χ2n) is 4.74. The van der Waals surface area contributed by atoms with E-state index in [1.54, 1.807) is 4.90 Å². The first kappa shape index (κ1) is 13.5. The van der Waals surface area contributed by atoms with Crippen molar-refractivity contribution >= 4 is 39.3 Å². The predicted molar refractivity (Wildman–Crippen MR) is 73.8 cm³/mol. The minimum absolute atomic E-state index is 0.0652. The van der Waals surface area contributed by atoms with Gasteiger partial charge in [-0.1, -0.05) is 11.6 Å². The minimum atomic E-state index is -0.646. The summed E-state index contributed by atoms with van der Waals surface area (Å²) in [5.74, 6) is 0.719. The maximum atomic E-state index is 12.2. The van der Waals surface area contributed by atoms with E-state index in [0.717, 1.165) is 0 Å². The van der Waals surface area contributed by atoms with Gasteiger partial charge in [0.15, 0.2) is 0 Å². The quantitative estimate of drug-likeness (QED) is 0.737. The maximum absolute atomic E-state index is 12.2. The molecule has 5 nitrogen and oxygen atoms in total. The van der Waals surface area contributed by atoms with E-state index in [2.05, 4.69) is 25.9 Å². The molecule has 1 saturated heterocycles. The molecule has 2 rings (SSSR count). The maximum Gasteiger partial charge on any atom is 0.247 e. The molecule has 0 radical (unpaired) electrons. The molecule has 1 fully saturated rings. The van der Waals surface area contributed by atoms with Gasteiger partial charge in [-0.15, -0.1) is 0 Å². The van der Waals surface area contributed by atoms with Crippen LogP contribution in [-0.2, 0) is 4.79 Å². The molecule has 98 valence electrons. The molecule has 1 aromatic heterocycles. The van der Waals surface area contributed by atoms with E-state index in [-0.39, 0.29) is 5.91 Å². The number of likely N-dealkylation sites (N-methyl/N-ethyl adjacent to an activating group) is 1. The van der Waals surface area contributed by atoms with Gasteiger partial charge in [0.1, 0.15) is 22.8 Å². The molecule has 0 unspecified atom stereocenters. The Kier molecular flexibility index (Phi) is 3.51. The van der Waals surface area contributed by atoms with Gasteiger partial charge in [-0.05, 0) is 29.8 Å². The Balaban J connectivity index is 2.45. The fourth-order valence-corrected chi connectivity index (χ4v) is 2.66. The number of piperazine rings is 1. The first-order chi connectivity index (χ1) is 8.35. The minimum Gasteiger partial charge on any atom is -0.342 e. The number of carbonyl (C=O) groups is 1. The van der Waals surface area contributed by atoms with Crippen LogP contribution in [0.3, 0.4) is 0 Å². The number of aromatic nitrogens is 2. The van der Waals surface area contributed by atoms with Gasteiger partial charge in [0.25, 0.3) is 0 Å². The van der Waals surface area contributed by atoms with Crippen LogP contribution in [0.1, 0.15) is 13.8 Å². The summed E-state index contributed by atoms with van der Waals surface area (Å²) in [6, 6.07) is 0. The Morgan fingerprint density at radius 2 is 2.06 bits per heavy atom. The van der Waals surface area contributed by atoms with E-state index in [1.807, 2.05) is 25.8 Å². The van der Waals surface area contributed by atoms with Crippen LogP contribution < -0.4 is 4.90 Å². The van der Waals surface area contributed by atoms with Crippen molar-refractivity contribution in [3.05, 3.63) is 16.0 Å². The summed E-state index contributed by atoms with van der Waals surface area (Å²) in [4.78, 5) is 24.0. The Bertz CT molecular complexity index is 494. The molecule has 18 heavy (non-hydrogen) atoms. The second-order valence-corrected chi connectivity index (χ2v) is 5.89. The summed E-state index contributed by atoms with van der Waals surface area (Å²) in [7, 11) is 1.81. The van der Waals surface area contributed by atoms with Crippen LogP contribution in [0.4, 0.5) is 5.82 Å². The highest BCUT2D eigenvalue weighted by Gasteiger charge is 2.42. The smallest absolute Gasteiger partial charge is 0.247 e. The van der Waals surface area contributed by atoms with Crippen LogP contribution >= 0.6 is 27.5 Å². The third-order valence-electron chi connectivity index (χ3n) is 3.19. The normalized spacial score (nSPS) is 19.3. The van der Waals surface area contributed by atoms with Crippen LogP contribution in [0.25, 0.3) is 0 Å². The van der Waals surface area contributed by atoms with Crippen molar-refractivity contribution in [1.29, 1.82) is 0 Å². The lowest BCUT2D eigenvalue weighted by molar-refractivity contribution is -0.136. The van der Waals surface area contributed by atoms with Crippen LogP contribution in [-0.4, -0.2) is 46.5 Å². The Labute approximate surface area is 119 Å². The number of hydrogen-bond donors (Lipinski definition) is 0. The molecule has 0 N–H and O–H groups in total. The topological polar surface area (TPSA) is 49.3 Å². The first-order valence-corrected chi connectivity index (χ1v) is 6.72. The van der Waals surface area contributed by atoms with E-state index in [1.165, 1.54) is 6.33 Å². The van der Waals surface area contributed by atoms with Crippen LogP contribution in [0, 0.1) is 0 Å². The molecule has 2 heterocycles. The fourth-order valence-electron chi connectivity index (χ4n) is 2.11.